The molecule has 0 fully saturated rings. The first kappa shape index (κ1) is 20.7. The molecule has 3 rings (SSSR count). The highest BCUT2D eigenvalue weighted by atomic mass is 35.5. The van der Waals surface area contributed by atoms with Crippen LogP contribution in [0.3, 0.4) is 0 Å². The van der Waals surface area contributed by atoms with Gasteiger partial charge in [-0.3, -0.25) is 4.79 Å². The molecule has 0 bridgehead atoms. The molecular weight excluding hydrogens is 394 g/mol. The Balaban J connectivity index is 1.77. The summed E-state index contributed by atoms with van der Waals surface area (Å²) in [7, 11) is 3.51. The Morgan fingerprint density at radius 1 is 1.29 bits per heavy atom. The number of hydrogen-bond donors (Lipinski definition) is 0. The van der Waals surface area contributed by atoms with E-state index >= 15 is 0 Å². The molecule has 1 heterocycles. The largest absolute Gasteiger partial charge is 0.383 e. The van der Waals surface area contributed by atoms with Gasteiger partial charge >= 0.3 is 0 Å². The summed E-state index contributed by atoms with van der Waals surface area (Å²) < 4.78 is 7.32. The van der Waals surface area contributed by atoms with Crippen LogP contribution in [0, 0.1) is 0 Å². The number of nitrogens with zero attached hydrogens (tertiary/aromatic N) is 3. The molecule has 28 heavy (non-hydrogen) atoms. The van der Waals surface area contributed by atoms with Gasteiger partial charge in [0.05, 0.1) is 22.9 Å². The molecule has 0 aliphatic carbocycles. The van der Waals surface area contributed by atoms with Crippen LogP contribution in [0.25, 0.3) is 11.0 Å². The summed E-state index contributed by atoms with van der Waals surface area (Å²) >= 11 is 7.58. The van der Waals surface area contributed by atoms with Crippen molar-refractivity contribution in [1.82, 2.24) is 14.5 Å². The maximum Gasteiger partial charge on any atom is 0.235 e. The van der Waals surface area contributed by atoms with E-state index in [4.69, 9.17) is 21.3 Å². The van der Waals surface area contributed by atoms with Gasteiger partial charge < -0.3 is 14.2 Å². The fourth-order valence-electron chi connectivity index (χ4n) is 3.02. The van der Waals surface area contributed by atoms with Crippen LogP contribution in [0.2, 0.25) is 5.02 Å². The standard InChI is InChI=1S/C21H24ClN3O2S/c1-15(20(26)24(2)14-16-7-5-4-6-8-16)28-21-23-18-13-17(22)9-10-19(18)25(21)11-12-27-3/h4-10,13,15H,11-12,14H2,1-3H3. The molecule has 0 spiro atoms. The number of halogens is 1. The Kier molecular flexibility index (Phi) is 6.99. The van der Waals surface area contributed by atoms with Gasteiger partial charge in [-0.2, -0.15) is 0 Å². The number of rotatable bonds is 8. The number of carbonyl (C=O) groups excluding carboxylic acids is 1. The minimum Gasteiger partial charge on any atom is -0.383 e. The van der Waals surface area contributed by atoms with Crippen LogP contribution in [0.1, 0.15) is 12.5 Å². The number of aromatic nitrogens is 2. The maximum absolute atomic E-state index is 12.9. The van der Waals surface area contributed by atoms with Gasteiger partial charge in [-0.05, 0) is 30.7 Å². The van der Waals surface area contributed by atoms with Crippen molar-refractivity contribution in [3.63, 3.8) is 0 Å². The van der Waals surface area contributed by atoms with Crippen molar-refractivity contribution < 1.29 is 9.53 Å². The normalized spacial score (nSPS) is 12.3. The molecular formula is C21H24ClN3O2S. The van der Waals surface area contributed by atoms with E-state index in [2.05, 4.69) is 4.57 Å². The van der Waals surface area contributed by atoms with Crippen LogP contribution in [0.4, 0.5) is 0 Å². The lowest BCUT2D eigenvalue weighted by atomic mass is 10.2. The molecule has 0 aliphatic heterocycles. The molecule has 0 N–H and O–H groups in total. The van der Waals surface area contributed by atoms with E-state index in [1.165, 1.54) is 11.8 Å². The van der Waals surface area contributed by atoms with Gasteiger partial charge in [-0.15, -0.1) is 0 Å². The average Bonchev–Trinajstić information content (AvgIpc) is 3.02. The number of methoxy groups -OCH3 is 1. The van der Waals surface area contributed by atoms with Crippen molar-refractivity contribution in [3.8, 4) is 0 Å². The molecule has 0 aliphatic rings. The van der Waals surface area contributed by atoms with E-state index in [0.29, 0.717) is 24.7 Å². The first-order valence-electron chi connectivity index (χ1n) is 9.10. The Morgan fingerprint density at radius 3 is 2.75 bits per heavy atom. The number of imidazole rings is 1. The summed E-state index contributed by atoms with van der Waals surface area (Å²) in [6.07, 6.45) is 0. The highest BCUT2D eigenvalue weighted by molar-refractivity contribution is 8.00. The van der Waals surface area contributed by atoms with Gasteiger partial charge in [0.1, 0.15) is 0 Å². The van der Waals surface area contributed by atoms with E-state index < -0.39 is 0 Å². The monoisotopic (exact) mass is 417 g/mol. The molecule has 0 radical (unpaired) electrons. The predicted octanol–water partition coefficient (Wildman–Crippen LogP) is 4.48. The number of thioether (sulfide) groups is 1. The Bertz CT molecular complexity index is 945. The zero-order valence-corrected chi connectivity index (χ0v) is 17.8. The first-order chi connectivity index (χ1) is 13.5. The van der Waals surface area contributed by atoms with Crippen LogP contribution in [0.15, 0.2) is 53.7 Å². The maximum atomic E-state index is 12.9. The van der Waals surface area contributed by atoms with Crippen LogP contribution < -0.4 is 0 Å². The molecule has 5 nitrogen and oxygen atoms in total. The van der Waals surface area contributed by atoms with Gasteiger partial charge in [0.2, 0.25) is 5.91 Å². The second-order valence-electron chi connectivity index (χ2n) is 6.61. The van der Waals surface area contributed by atoms with Crippen LogP contribution >= 0.6 is 23.4 Å². The van der Waals surface area contributed by atoms with Crippen molar-refractivity contribution in [2.45, 2.75) is 30.4 Å². The SMILES string of the molecule is COCCn1c(SC(C)C(=O)N(C)Cc2ccccc2)nc2cc(Cl)ccc21. The third kappa shape index (κ3) is 4.87. The summed E-state index contributed by atoms with van der Waals surface area (Å²) in [6.45, 7) is 3.73. The summed E-state index contributed by atoms with van der Waals surface area (Å²) in [4.78, 5) is 19.3. The second-order valence-corrected chi connectivity index (χ2v) is 8.36. The molecule has 148 valence electrons. The quantitative estimate of drug-likeness (QED) is 0.507. The summed E-state index contributed by atoms with van der Waals surface area (Å²) in [6, 6.07) is 15.6. The lowest BCUT2D eigenvalue weighted by molar-refractivity contribution is -0.129. The highest BCUT2D eigenvalue weighted by Crippen LogP contribution is 2.29. The summed E-state index contributed by atoms with van der Waals surface area (Å²) in [5.41, 5.74) is 2.92. The third-order valence-electron chi connectivity index (χ3n) is 4.46. The van der Waals surface area contributed by atoms with Gasteiger partial charge in [0, 0.05) is 32.3 Å². The number of hydrogen-bond acceptors (Lipinski definition) is 4. The van der Waals surface area contributed by atoms with Crippen LogP contribution in [0.5, 0.6) is 0 Å². The van der Waals surface area contributed by atoms with Gasteiger partial charge in [-0.25, -0.2) is 4.98 Å². The van der Waals surface area contributed by atoms with E-state index in [-0.39, 0.29) is 11.2 Å². The number of benzene rings is 2. The summed E-state index contributed by atoms with van der Waals surface area (Å²) in [5, 5.41) is 1.18. The van der Waals surface area contributed by atoms with E-state index in [9.17, 15) is 4.79 Å². The first-order valence-corrected chi connectivity index (χ1v) is 10.4. The van der Waals surface area contributed by atoms with Crippen molar-refractivity contribution >= 4 is 40.3 Å². The fraction of sp³-hybridized carbons (Fsp3) is 0.333. The van der Waals surface area contributed by atoms with Crippen LogP contribution in [-0.2, 0) is 22.6 Å². The Labute approximate surface area is 174 Å². The van der Waals surface area contributed by atoms with E-state index in [0.717, 1.165) is 21.8 Å². The molecule has 1 atom stereocenters. The Hall–Kier alpha value is -2.02. The van der Waals surface area contributed by atoms with Gasteiger partial charge in [0.15, 0.2) is 5.16 Å². The second kappa shape index (κ2) is 9.45. The number of carbonyl (C=O) groups is 1. The number of ether oxygens (including phenoxy) is 1. The topological polar surface area (TPSA) is 47.4 Å². The molecule has 7 heteroatoms. The van der Waals surface area contributed by atoms with Gasteiger partial charge in [-0.1, -0.05) is 53.7 Å². The molecule has 0 saturated carbocycles. The molecule has 2 aromatic carbocycles. The molecule has 1 amide bonds. The lowest BCUT2D eigenvalue weighted by Gasteiger charge is -2.21. The third-order valence-corrected chi connectivity index (χ3v) is 5.78. The molecule has 1 unspecified atom stereocenters. The minimum absolute atomic E-state index is 0.0669. The zero-order valence-electron chi connectivity index (χ0n) is 16.3. The predicted molar refractivity (Wildman–Crippen MR) is 115 cm³/mol. The van der Waals surface area contributed by atoms with E-state index in [1.54, 1.807) is 12.0 Å². The van der Waals surface area contributed by atoms with Crippen molar-refractivity contribution in [1.29, 1.82) is 0 Å². The number of amides is 1. The molecule has 1 aromatic heterocycles. The van der Waals surface area contributed by atoms with Crippen molar-refractivity contribution in [3.05, 3.63) is 59.1 Å². The number of fused-ring (bicyclic) bond motifs is 1. The summed E-state index contributed by atoms with van der Waals surface area (Å²) in [5.74, 6) is 0.0669. The lowest BCUT2D eigenvalue weighted by Crippen LogP contribution is -2.33. The van der Waals surface area contributed by atoms with Crippen LogP contribution in [-0.4, -0.2) is 46.4 Å². The highest BCUT2D eigenvalue weighted by Gasteiger charge is 2.22. The Morgan fingerprint density at radius 2 is 2.04 bits per heavy atom. The van der Waals surface area contributed by atoms with Crippen molar-refractivity contribution in [2.75, 3.05) is 20.8 Å². The van der Waals surface area contributed by atoms with Crippen molar-refractivity contribution in [2.24, 2.45) is 0 Å². The molecule has 3 aromatic rings. The smallest absolute Gasteiger partial charge is 0.235 e. The van der Waals surface area contributed by atoms with Gasteiger partial charge in [0.25, 0.3) is 0 Å². The fourth-order valence-corrected chi connectivity index (χ4v) is 4.25. The average molecular weight is 418 g/mol. The zero-order chi connectivity index (χ0) is 20.1. The minimum atomic E-state index is -0.262. The van der Waals surface area contributed by atoms with E-state index in [1.807, 2.05) is 62.5 Å². The molecule has 0 saturated heterocycles.